The smallest absolute Gasteiger partial charge is 0.331 e. The predicted molar refractivity (Wildman–Crippen MR) is 213 cm³/mol. The number of hydrogen-bond acceptors (Lipinski definition) is 8. The number of rotatable bonds is 10. The number of halogens is 3. The fraction of sp³-hybridized carbons (Fsp3) is 0.233. The summed E-state index contributed by atoms with van der Waals surface area (Å²) in [5.74, 6) is 1.13. The highest BCUT2D eigenvalue weighted by Crippen LogP contribution is 2.40. The third kappa shape index (κ3) is 9.01. The van der Waals surface area contributed by atoms with Gasteiger partial charge in [-0.05, 0) is 101 Å². The van der Waals surface area contributed by atoms with Crippen LogP contribution in [0.15, 0.2) is 103 Å². The summed E-state index contributed by atoms with van der Waals surface area (Å²) >= 11 is 12.1. The molecule has 2 aliphatic rings. The SMILES string of the molecule is COC(=O)[C@](C)(Cc1ccc(-c2ccc(C#N)cc2)cc1)NC(=O)C1Cc2cc3c(cc2CN1)O[C@@H](c1ccc(OCc2ccc(Cl)c(Cl)c2)cc1)CO3.Cl. The summed E-state index contributed by atoms with van der Waals surface area (Å²) < 4.78 is 23.6. The molecule has 0 radical (unpaired) electrons. The second-order valence-corrected chi connectivity index (χ2v) is 14.4. The molecule has 2 aliphatic heterocycles. The van der Waals surface area contributed by atoms with Crippen molar-refractivity contribution in [3.8, 4) is 34.4 Å². The minimum absolute atomic E-state index is 0. The zero-order valence-corrected chi connectivity index (χ0v) is 32.4. The van der Waals surface area contributed by atoms with Crippen LogP contribution in [0.2, 0.25) is 10.0 Å². The Morgan fingerprint density at radius 3 is 2.24 bits per heavy atom. The Bertz CT molecular complexity index is 2230. The number of benzene rings is 5. The number of nitrogens with zero attached hydrogens (tertiary/aromatic N) is 1. The van der Waals surface area contributed by atoms with Crippen LogP contribution in [-0.4, -0.2) is 37.2 Å². The van der Waals surface area contributed by atoms with Crippen LogP contribution in [0.1, 0.15) is 46.4 Å². The van der Waals surface area contributed by atoms with Crippen molar-refractivity contribution in [1.29, 1.82) is 5.26 Å². The lowest BCUT2D eigenvalue weighted by Gasteiger charge is -2.33. The number of nitriles is 1. The van der Waals surface area contributed by atoms with Gasteiger partial charge in [0, 0.05) is 13.0 Å². The standard InChI is InChI=1S/C43H37Cl2N3O6.ClH/c1-43(42(50)51-2,21-26-3-8-29(9-4-26)30-10-5-27(22-46)6-11-30)48-41(49)37-18-32-19-38-39(20-33(32)23-47-37)54-40(25-53-38)31-12-14-34(15-13-31)52-24-28-7-16-35(44)36(45)17-28;/h3-17,19-20,37,40,47H,18,21,23-25H2,1-2H3,(H,48,49);1H/t37?,40-,43+;/m1./s1. The van der Waals surface area contributed by atoms with Crippen molar-refractivity contribution in [3.63, 3.8) is 0 Å². The Hall–Kier alpha value is -5.24. The van der Waals surface area contributed by atoms with Crippen molar-refractivity contribution in [1.82, 2.24) is 10.6 Å². The monoisotopic (exact) mass is 797 g/mol. The number of carbonyl (C=O) groups is 2. The first-order valence-corrected chi connectivity index (χ1v) is 18.2. The van der Waals surface area contributed by atoms with E-state index in [9.17, 15) is 9.59 Å². The average Bonchev–Trinajstić information content (AvgIpc) is 3.20. The summed E-state index contributed by atoms with van der Waals surface area (Å²) in [5.41, 5.74) is 5.93. The fourth-order valence-electron chi connectivity index (χ4n) is 6.72. The van der Waals surface area contributed by atoms with Crippen molar-refractivity contribution in [2.75, 3.05) is 13.7 Å². The number of ether oxygens (including phenoxy) is 4. The number of fused-ring (bicyclic) bond motifs is 2. The predicted octanol–water partition coefficient (Wildman–Crippen LogP) is 8.35. The number of methoxy groups -OCH3 is 1. The van der Waals surface area contributed by atoms with E-state index in [2.05, 4.69) is 16.7 Å². The molecule has 7 rings (SSSR count). The van der Waals surface area contributed by atoms with E-state index >= 15 is 0 Å². The first kappa shape index (κ1) is 39.5. The fourth-order valence-corrected chi connectivity index (χ4v) is 7.04. The molecule has 0 bridgehead atoms. The minimum atomic E-state index is -1.30. The van der Waals surface area contributed by atoms with Crippen molar-refractivity contribution < 1.29 is 28.5 Å². The van der Waals surface area contributed by atoms with Crippen LogP contribution >= 0.6 is 35.6 Å². The van der Waals surface area contributed by atoms with Gasteiger partial charge in [-0.25, -0.2) is 4.79 Å². The molecule has 1 amide bonds. The second-order valence-electron chi connectivity index (χ2n) is 13.6. The van der Waals surface area contributed by atoms with E-state index in [4.69, 9.17) is 47.4 Å². The molecule has 0 saturated heterocycles. The summed E-state index contributed by atoms with van der Waals surface area (Å²) in [6.07, 6.45) is 0.330. The molecule has 55 heavy (non-hydrogen) atoms. The second kappa shape index (κ2) is 17.1. The van der Waals surface area contributed by atoms with Crippen LogP contribution < -0.4 is 24.8 Å². The Morgan fingerprint density at radius 1 is 0.891 bits per heavy atom. The van der Waals surface area contributed by atoms with Gasteiger partial charge in [-0.2, -0.15) is 5.26 Å². The molecule has 5 aromatic carbocycles. The molecule has 0 saturated carbocycles. The minimum Gasteiger partial charge on any atom is -0.489 e. The van der Waals surface area contributed by atoms with E-state index in [1.54, 1.807) is 31.2 Å². The van der Waals surface area contributed by atoms with Crippen molar-refractivity contribution in [2.45, 2.75) is 50.6 Å². The normalized spacial score (nSPS) is 16.6. The maximum atomic E-state index is 13.7. The first-order valence-electron chi connectivity index (χ1n) is 17.5. The molecule has 12 heteroatoms. The Morgan fingerprint density at radius 2 is 1.56 bits per heavy atom. The molecular formula is C43H38Cl3N3O6. The molecule has 0 fully saturated rings. The Kier molecular flexibility index (Phi) is 12.2. The summed E-state index contributed by atoms with van der Waals surface area (Å²) in [6, 6.07) is 33.7. The van der Waals surface area contributed by atoms with Gasteiger partial charge in [0.05, 0.1) is 34.8 Å². The molecule has 5 aromatic rings. The average molecular weight is 799 g/mol. The van der Waals surface area contributed by atoms with Crippen molar-refractivity contribution in [2.24, 2.45) is 0 Å². The molecule has 0 aromatic heterocycles. The number of nitrogens with one attached hydrogen (secondary N) is 2. The molecule has 0 spiro atoms. The summed E-state index contributed by atoms with van der Waals surface area (Å²) in [4.78, 5) is 26.8. The number of hydrogen-bond donors (Lipinski definition) is 2. The van der Waals surface area contributed by atoms with Gasteiger partial charge in [-0.3, -0.25) is 4.79 Å². The number of esters is 1. The number of amides is 1. The van der Waals surface area contributed by atoms with E-state index in [-0.39, 0.29) is 30.8 Å². The van der Waals surface area contributed by atoms with E-state index in [1.807, 2.05) is 78.9 Å². The Balaban J connectivity index is 0.00000514. The maximum absolute atomic E-state index is 13.7. The van der Waals surface area contributed by atoms with Crippen LogP contribution in [0.5, 0.6) is 17.2 Å². The van der Waals surface area contributed by atoms with E-state index in [0.29, 0.717) is 59.0 Å². The van der Waals surface area contributed by atoms with Crippen molar-refractivity contribution in [3.05, 3.63) is 147 Å². The Labute approximate surface area is 335 Å². The highest BCUT2D eigenvalue weighted by atomic mass is 35.5. The van der Waals surface area contributed by atoms with Crippen LogP contribution in [0.4, 0.5) is 0 Å². The van der Waals surface area contributed by atoms with Crippen molar-refractivity contribution >= 4 is 47.5 Å². The van der Waals surface area contributed by atoms with Crippen LogP contribution in [0.25, 0.3) is 11.1 Å². The highest BCUT2D eigenvalue weighted by molar-refractivity contribution is 6.42. The van der Waals surface area contributed by atoms with Gasteiger partial charge in [0.1, 0.15) is 24.5 Å². The quantitative estimate of drug-likeness (QED) is 0.136. The molecule has 9 nitrogen and oxygen atoms in total. The van der Waals surface area contributed by atoms with Gasteiger partial charge in [-0.15, -0.1) is 12.4 Å². The summed E-state index contributed by atoms with van der Waals surface area (Å²) in [6.45, 7) is 2.79. The largest absolute Gasteiger partial charge is 0.489 e. The summed E-state index contributed by atoms with van der Waals surface area (Å²) in [5, 5.41) is 16.4. The van der Waals surface area contributed by atoms with E-state index in [1.165, 1.54) is 7.11 Å². The lowest BCUT2D eigenvalue weighted by atomic mass is 9.90. The third-order valence-electron chi connectivity index (χ3n) is 9.74. The first-order chi connectivity index (χ1) is 26.1. The van der Waals surface area contributed by atoms with Crippen LogP contribution in [0.3, 0.4) is 0 Å². The lowest BCUT2D eigenvalue weighted by Crippen LogP contribution is -2.59. The number of carbonyl (C=O) groups excluding carboxylic acids is 2. The molecule has 2 heterocycles. The maximum Gasteiger partial charge on any atom is 0.331 e. The summed E-state index contributed by atoms with van der Waals surface area (Å²) in [7, 11) is 1.32. The van der Waals surface area contributed by atoms with Gasteiger partial charge < -0.3 is 29.6 Å². The van der Waals surface area contributed by atoms with Gasteiger partial charge >= 0.3 is 5.97 Å². The topological polar surface area (TPSA) is 119 Å². The van der Waals surface area contributed by atoms with Crippen LogP contribution in [-0.2, 0) is 40.3 Å². The molecule has 1 unspecified atom stereocenters. The van der Waals surface area contributed by atoms with Gasteiger partial charge in [0.2, 0.25) is 5.91 Å². The molecule has 3 atom stereocenters. The molecule has 0 aliphatic carbocycles. The van der Waals surface area contributed by atoms with Gasteiger partial charge in [-0.1, -0.05) is 77.8 Å². The van der Waals surface area contributed by atoms with E-state index in [0.717, 1.165) is 38.9 Å². The van der Waals surface area contributed by atoms with Gasteiger partial charge in [0.25, 0.3) is 0 Å². The highest BCUT2D eigenvalue weighted by Gasteiger charge is 2.39. The van der Waals surface area contributed by atoms with Crippen LogP contribution in [0, 0.1) is 11.3 Å². The third-order valence-corrected chi connectivity index (χ3v) is 10.5. The zero-order valence-electron chi connectivity index (χ0n) is 30.1. The lowest BCUT2D eigenvalue weighted by molar-refractivity contribution is -0.150. The zero-order chi connectivity index (χ0) is 37.8. The molecular weight excluding hydrogens is 761 g/mol. The van der Waals surface area contributed by atoms with E-state index < -0.39 is 17.6 Å². The molecule has 282 valence electrons. The molecule has 2 N–H and O–H groups in total. The van der Waals surface area contributed by atoms with Gasteiger partial charge in [0.15, 0.2) is 17.6 Å².